The molecule has 176 valence electrons. The second-order valence-electron chi connectivity index (χ2n) is 9.02. The maximum atomic E-state index is 10.9. The van der Waals surface area contributed by atoms with Crippen LogP contribution in [-0.4, -0.2) is 50.3 Å². The first-order valence-electron chi connectivity index (χ1n) is 11.8. The largest absolute Gasteiger partial charge is 0.425 e. The lowest BCUT2D eigenvalue weighted by Gasteiger charge is -2.36. The van der Waals surface area contributed by atoms with Gasteiger partial charge in [-0.2, -0.15) is 5.26 Å². The van der Waals surface area contributed by atoms with Gasteiger partial charge in [-0.25, -0.2) is 4.79 Å². The highest BCUT2D eigenvalue weighted by Gasteiger charge is 2.23. The number of carbonyl (C=O) groups excluding carboxylic acids is 1. The van der Waals surface area contributed by atoms with Crippen molar-refractivity contribution in [1.82, 2.24) is 4.90 Å². The Bertz CT molecular complexity index is 1220. The van der Waals surface area contributed by atoms with Crippen molar-refractivity contribution in [1.29, 1.82) is 5.26 Å². The van der Waals surface area contributed by atoms with Gasteiger partial charge in [-0.3, -0.25) is 4.90 Å². The van der Waals surface area contributed by atoms with Crippen LogP contribution in [0.25, 0.3) is 11.0 Å². The Morgan fingerprint density at radius 3 is 2.79 bits per heavy atom. The molecule has 0 bridgehead atoms. The van der Waals surface area contributed by atoms with Crippen LogP contribution in [0.15, 0.2) is 46.9 Å². The zero-order valence-electron chi connectivity index (χ0n) is 19.1. The average molecular weight is 460 g/mol. The van der Waals surface area contributed by atoms with E-state index in [0.717, 1.165) is 62.3 Å². The van der Waals surface area contributed by atoms with Crippen LogP contribution in [0.5, 0.6) is 5.95 Å². The molecule has 5 rings (SSSR count). The summed E-state index contributed by atoms with van der Waals surface area (Å²) in [6, 6.07) is 15.9. The third-order valence-corrected chi connectivity index (χ3v) is 6.85. The first-order chi connectivity index (χ1) is 16.6. The summed E-state index contributed by atoms with van der Waals surface area (Å²) in [5.74, 6) is 0.624. The molecule has 3 heterocycles. The molecular weight excluding hydrogens is 430 g/mol. The number of piperazine rings is 1. The molecule has 1 unspecified atom stereocenters. The summed E-state index contributed by atoms with van der Waals surface area (Å²) in [6.45, 7) is 6.13. The van der Waals surface area contributed by atoms with Gasteiger partial charge in [0.1, 0.15) is 5.58 Å². The van der Waals surface area contributed by atoms with Crippen molar-refractivity contribution in [2.45, 2.75) is 25.2 Å². The molecule has 1 saturated heterocycles. The van der Waals surface area contributed by atoms with Crippen LogP contribution >= 0.6 is 0 Å². The van der Waals surface area contributed by atoms with E-state index in [1.807, 2.05) is 30.3 Å². The van der Waals surface area contributed by atoms with E-state index >= 15 is 0 Å². The summed E-state index contributed by atoms with van der Waals surface area (Å²) < 4.78 is 10.3. The minimum Gasteiger partial charge on any atom is -0.425 e. The molecule has 2 aliphatic rings. The van der Waals surface area contributed by atoms with Gasteiger partial charge in [0.25, 0.3) is 5.95 Å². The van der Waals surface area contributed by atoms with E-state index < -0.39 is 6.09 Å². The van der Waals surface area contributed by atoms with Crippen molar-refractivity contribution in [2.24, 2.45) is 5.73 Å². The monoisotopic (exact) mass is 459 g/mol. The zero-order valence-corrected chi connectivity index (χ0v) is 19.1. The second kappa shape index (κ2) is 9.65. The molecule has 1 fully saturated rings. The van der Waals surface area contributed by atoms with Crippen molar-refractivity contribution in [3.8, 4) is 12.0 Å². The Morgan fingerprint density at radius 1 is 1.15 bits per heavy atom. The minimum absolute atomic E-state index is 0.117. The molecular formula is C26H29N5O3. The normalized spacial score (nSPS) is 17.9. The number of amides is 1. The molecule has 0 aliphatic carbocycles. The lowest BCUT2D eigenvalue weighted by atomic mass is 9.94. The molecule has 1 aromatic heterocycles. The number of ether oxygens (including phenoxy) is 1. The fourth-order valence-electron chi connectivity index (χ4n) is 5.04. The van der Waals surface area contributed by atoms with Gasteiger partial charge in [-0.15, -0.1) is 0 Å². The van der Waals surface area contributed by atoms with E-state index in [1.165, 1.54) is 24.1 Å². The Balaban J connectivity index is 1.07. The number of benzene rings is 2. The number of unbranched alkanes of at least 4 members (excludes halogenated alkanes) is 1. The summed E-state index contributed by atoms with van der Waals surface area (Å²) >= 11 is 0. The molecule has 0 radical (unpaired) electrons. The van der Waals surface area contributed by atoms with Gasteiger partial charge in [0, 0.05) is 61.5 Å². The predicted octanol–water partition coefficient (Wildman–Crippen LogP) is 4.26. The topological polar surface area (TPSA) is 108 Å². The van der Waals surface area contributed by atoms with Crippen molar-refractivity contribution in [2.75, 3.05) is 49.5 Å². The SMILES string of the molecule is N#Cc1ccc2c(c1)C(CCCCN1CCN(c3ccc4oc(OC(N)=O)cc4c3)CC1)CN2. The minimum atomic E-state index is -0.881. The average Bonchev–Trinajstić information content (AvgIpc) is 3.44. The lowest BCUT2D eigenvalue weighted by molar-refractivity contribution is 0.199. The van der Waals surface area contributed by atoms with Crippen LogP contribution in [0.3, 0.4) is 0 Å². The van der Waals surface area contributed by atoms with E-state index in [4.69, 9.17) is 14.9 Å². The summed E-state index contributed by atoms with van der Waals surface area (Å²) in [5, 5.41) is 13.5. The number of nitrogens with zero attached hydrogens (tertiary/aromatic N) is 3. The van der Waals surface area contributed by atoms with Crippen LogP contribution in [0.4, 0.5) is 16.2 Å². The molecule has 1 atom stereocenters. The molecule has 0 spiro atoms. The maximum absolute atomic E-state index is 10.9. The fourth-order valence-corrected chi connectivity index (χ4v) is 5.04. The highest BCUT2D eigenvalue weighted by atomic mass is 16.6. The Labute approximate surface area is 198 Å². The predicted molar refractivity (Wildman–Crippen MR) is 131 cm³/mol. The van der Waals surface area contributed by atoms with Crippen LogP contribution < -0.4 is 20.7 Å². The van der Waals surface area contributed by atoms with Gasteiger partial charge in [0.15, 0.2) is 0 Å². The molecule has 34 heavy (non-hydrogen) atoms. The molecule has 8 nitrogen and oxygen atoms in total. The molecule has 3 N–H and O–H groups in total. The van der Waals surface area contributed by atoms with Crippen LogP contribution in [-0.2, 0) is 0 Å². The van der Waals surface area contributed by atoms with Gasteiger partial charge < -0.3 is 25.1 Å². The van der Waals surface area contributed by atoms with Crippen molar-refractivity contribution >= 4 is 28.4 Å². The second-order valence-corrected chi connectivity index (χ2v) is 9.02. The van der Waals surface area contributed by atoms with Crippen LogP contribution in [0, 0.1) is 11.3 Å². The molecule has 0 saturated carbocycles. The smallest absolute Gasteiger partial charge is 0.412 e. The first kappa shape index (κ1) is 22.1. The molecule has 1 amide bonds. The number of anilines is 2. The summed E-state index contributed by atoms with van der Waals surface area (Å²) in [5.41, 5.74) is 10.1. The van der Waals surface area contributed by atoms with Crippen LogP contribution in [0.1, 0.15) is 36.3 Å². The standard InChI is InChI=1S/C26H29N5O3/c27-16-18-4-6-23-22(13-18)19(17-29-23)3-1-2-8-30-9-11-31(12-10-30)21-5-7-24-20(14-21)15-25(33-24)34-26(28)32/h4-7,13-15,19,29H,1-3,8-12,17H2,(H2,28,32). The molecule has 3 aromatic rings. The number of rotatable bonds is 7. The third kappa shape index (κ3) is 4.80. The Hall–Kier alpha value is -3.70. The molecule has 2 aromatic carbocycles. The van der Waals surface area contributed by atoms with E-state index in [9.17, 15) is 10.1 Å². The van der Waals surface area contributed by atoms with Crippen molar-refractivity contribution in [3.05, 3.63) is 53.6 Å². The highest BCUT2D eigenvalue weighted by Crippen LogP contribution is 2.35. The lowest BCUT2D eigenvalue weighted by Crippen LogP contribution is -2.46. The Kier molecular flexibility index (Phi) is 6.28. The van der Waals surface area contributed by atoms with Gasteiger partial charge >= 0.3 is 6.09 Å². The van der Waals surface area contributed by atoms with Gasteiger partial charge in [-0.05, 0) is 61.3 Å². The molecule has 2 aliphatic heterocycles. The number of hydrogen-bond donors (Lipinski definition) is 2. The summed E-state index contributed by atoms with van der Waals surface area (Å²) in [6.07, 6.45) is 2.65. The van der Waals surface area contributed by atoms with Crippen molar-refractivity contribution < 1.29 is 13.9 Å². The third-order valence-electron chi connectivity index (χ3n) is 6.85. The van der Waals surface area contributed by atoms with E-state index in [1.54, 1.807) is 6.07 Å². The van der Waals surface area contributed by atoms with E-state index in [-0.39, 0.29) is 5.95 Å². The fraction of sp³-hybridized carbons (Fsp3) is 0.385. The number of nitrogens with two attached hydrogens (primary N) is 1. The van der Waals surface area contributed by atoms with Gasteiger partial charge in [-0.1, -0.05) is 6.42 Å². The number of primary amides is 1. The van der Waals surface area contributed by atoms with Crippen molar-refractivity contribution in [3.63, 3.8) is 0 Å². The number of hydrogen-bond acceptors (Lipinski definition) is 7. The number of carbonyl (C=O) groups is 1. The Morgan fingerprint density at radius 2 is 2.00 bits per heavy atom. The zero-order chi connectivity index (χ0) is 23.5. The highest BCUT2D eigenvalue weighted by molar-refractivity contribution is 5.83. The quantitative estimate of drug-likeness (QED) is 0.508. The number of furan rings is 1. The summed E-state index contributed by atoms with van der Waals surface area (Å²) in [7, 11) is 0. The number of nitriles is 1. The van der Waals surface area contributed by atoms with E-state index in [0.29, 0.717) is 11.5 Å². The maximum Gasteiger partial charge on any atom is 0.412 e. The van der Waals surface area contributed by atoms with Crippen LogP contribution in [0.2, 0.25) is 0 Å². The summed E-state index contributed by atoms with van der Waals surface area (Å²) in [4.78, 5) is 15.9. The van der Waals surface area contributed by atoms with Gasteiger partial charge in [0.2, 0.25) is 0 Å². The first-order valence-corrected chi connectivity index (χ1v) is 11.8. The van der Waals surface area contributed by atoms with Gasteiger partial charge in [0.05, 0.1) is 11.6 Å². The number of fused-ring (bicyclic) bond motifs is 2. The molecule has 8 heteroatoms. The van der Waals surface area contributed by atoms with E-state index in [2.05, 4.69) is 27.3 Å². The number of nitrogens with one attached hydrogen (secondary N) is 1.